The first-order valence-corrected chi connectivity index (χ1v) is 12.9. The molecular weight excluding hydrogens is 544 g/mol. The van der Waals surface area contributed by atoms with E-state index in [1.165, 1.54) is 11.0 Å². The molecule has 40 heavy (non-hydrogen) atoms. The van der Waals surface area contributed by atoms with Gasteiger partial charge in [0.05, 0.1) is 31.5 Å². The summed E-state index contributed by atoms with van der Waals surface area (Å²) < 4.78 is 43.9. The first-order chi connectivity index (χ1) is 18.8. The van der Waals surface area contributed by atoms with Crippen LogP contribution >= 0.6 is 12.4 Å². The summed E-state index contributed by atoms with van der Waals surface area (Å²) in [6.07, 6.45) is 0.765. The molecule has 2 N–H and O–H groups in total. The number of carbonyl (C=O) groups excluding carboxylic acids is 2. The molecule has 2 aliphatic rings. The zero-order valence-electron chi connectivity index (χ0n) is 22.2. The number of halogens is 3. The highest BCUT2D eigenvalue weighted by Crippen LogP contribution is 2.42. The zero-order chi connectivity index (χ0) is 27.6. The second kappa shape index (κ2) is 12.4. The van der Waals surface area contributed by atoms with Crippen molar-refractivity contribution < 1.29 is 32.6 Å². The van der Waals surface area contributed by atoms with E-state index in [1.807, 2.05) is 18.2 Å². The van der Waals surface area contributed by atoms with Crippen LogP contribution in [-0.4, -0.2) is 56.4 Å². The first-order valence-electron chi connectivity index (χ1n) is 12.9. The lowest BCUT2D eigenvalue weighted by Crippen LogP contribution is -2.65. The molecule has 5 rings (SSSR count). The van der Waals surface area contributed by atoms with E-state index in [2.05, 4.69) is 10.6 Å². The number of rotatable bonds is 7. The first kappa shape index (κ1) is 29.5. The summed E-state index contributed by atoms with van der Waals surface area (Å²) >= 11 is 0. The molecule has 8 nitrogen and oxygen atoms in total. The molecule has 2 amide bonds. The Labute approximate surface area is 237 Å². The zero-order valence-corrected chi connectivity index (χ0v) is 23.0. The monoisotopic (exact) mass is 575 g/mol. The molecule has 2 atom stereocenters. The van der Waals surface area contributed by atoms with Crippen LogP contribution in [0, 0.1) is 0 Å². The Bertz CT molecular complexity index is 1370. The average molecular weight is 576 g/mol. The molecule has 3 aromatic rings. The number of amides is 2. The van der Waals surface area contributed by atoms with Crippen molar-refractivity contribution in [2.75, 3.05) is 25.2 Å². The highest BCUT2D eigenvalue weighted by Gasteiger charge is 2.51. The van der Waals surface area contributed by atoms with Crippen molar-refractivity contribution in [1.29, 1.82) is 0 Å². The number of hydrogen-bond acceptors (Lipinski definition) is 6. The van der Waals surface area contributed by atoms with E-state index in [9.17, 15) is 18.4 Å². The summed E-state index contributed by atoms with van der Waals surface area (Å²) in [7, 11) is 1.66. The van der Waals surface area contributed by atoms with Gasteiger partial charge in [0.1, 0.15) is 23.1 Å². The lowest BCUT2D eigenvalue weighted by atomic mass is 9.84. The molecule has 2 heterocycles. The lowest BCUT2D eigenvalue weighted by molar-refractivity contribution is -0.138. The van der Waals surface area contributed by atoms with Gasteiger partial charge in [-0.1, -0.05) is 42.5 Å². The summed E-state index contributed by atoms with van der Waals surface area (Å²) in [5.74, 6) is -0.329. The number of nitrogens with one attached hydrogen (secondary N) is 2. The highest BCUT2D eigenvalue weighted by molar-refractivity contribution is 6.03. The fraction of sp³-hybridized carbons (Fsp3) is 0.379. The van der Waals surface area contributed by atoms with Crippen LogP contribution in [0.15, 0.2) is 60.7 Å². The summed E-state index contributed by atoms with van der Waals surface area (Å²) in [5.41, 5.74) is -0.152. The highest BCUT2D eigenvalue weighted by atomic mass is 35.5. The summed E-state index contributed by atoms with van der Waals surface area (Å²) in [5, 5.41) is 7.32. The molecule has 0 bridgehead atoms. The number of likely N-dealkylation sites (N-methyl/N-ethyl adjacent to an activating group) is 1. The van der Waals surface area contributed by atoms with Gasteiger partial charge in [-0.25, -0.2) is 0 Å². The Hall–Kier alpha value is -3.47. The normalized spacial score (nSPS) is 18.9. The number of benzene rings is 3. The van der Waals surface area contributed by atoms with E-state index in [1.54, 1.807) is 50.4 Å². The van der Waals surface area contributed by atoms with Crippen molar-refractivity contribution in [3.63, 3.8) is 0 Å². The number of alkyl halides is 2. The van der Waals surface area contributed by atoms with E-state index < -0.39 is 30.2 Å². The average Bonchev–Trinajstić information content (AvgIpc) is 3.03. The molecule has 2 aliphatic heterocycles. The molecule has 0 aliphatic carbocycles. The quantitative estimate of drug-likeness (QED) is 0.433. The van der Waals surface area contributed by atoms with Crippen LogP contribution in [0.1, 0.15) is 25.3 Å². The number of carbonyl (C=O) groups is 2. The van der Waals surface area contributed by atoms with Gasteiger partial charge in [0.25, 0.3) is 5.91 Å². The van der Waals surface area contributed by atoms with Crippen LogP contribution in [0.2, 0.25) is 0 Å². The van der Waals surface area contributed by atoms with Gasteiger partial charge >= 0.3 is 6.61 Å². The number of nitrogens with zero attached hydrogens (tertiary/aromatic N) is 1. The molecule has 0 aromatic heterocycles. The molecule has 1 saturated heterocycles. The SMILES string of the molecule is CN[C@@H](C)C(=O)N[C@@H]1C(=O)N(Cc2c(OC(F)F)ccc3ccccc23)c2ccccc2OC12CCOCC2.Cl. The third kappa shape index (κ3) is 5.70. The standard InChI is InChI=1S/C29H31F2N3O5.ClH/c1-18(32-2)26(35)33-25-27(36)34(22-9-5-6-10-24(22)39-29(25)13-15-37-16-14-29)17-21-20-8-4-3-7-19(20)11-12-23(21)38-28(30)31;/h3-12,18,25,28,32H,13-17H2,1-2H3,(H,33,35);1H/t18-,25+;/m0./s1. The number of ether oxygens (including phenoxy) is 3. The molecule has 11 heteroatoms. The second-order valence-corrected chi connectivity index (χ2v) is 9.77. The van der Waals surface area contributed by atoms with Crippen LogP contribution in [0.4, 0.5) is 14.5 Å². The number of fused-ring (bicyclic) bond motifs is 2. The summed E-state index contributed by atoms with van der Waals surface area (Å²) in [4.78, 5) is 29.1. The molecule has 0 unspecified atom stereocenters. The molecule has 3 aromatic carbocycles. The third-order valence-corrected chi connectivity index (χ3v) is 7.49. The Morgan fingerprint density at radius 1 is 1.10 bits per heavy atom. The second-order valence-electron chi connectivity index (χ2n) is 9.77. The van der Waals surface area contributed by atoms with Crippen molar-refractivity contribution in [1.82, 2.24) is 10.6 Å². The predicted octanol–water partition coefficient (Wildman–Crippen LogP) is 4.43. The fourth-order valence-corrected chi connectivity index (χ4v) is 5.25. The van der Waals surface area contributed by atoms with Crippen molar-refractivity contribution >= 4 is 40.7 Å². The van der Waals surface area contributed by atoms with Crippen LogP contribution in [0.3, 0.4) is 0 Å². The van der Waals surface area contributed by atoms with Crippen molar-refractivity contribution in [3.05, 3.63) is 66.2 Å². The molecule has 0 saturated carbocycles. The molecule has 1 spiro atoms. The lowest BCUT2D eigenvalue weighted by Gasteiger charge is -2.41. The van der Waals surface area contributed by atoms with Gasteiger partial charge in [0.2, 0.25) is 5.91 Å². The van der Waals surface area contributed by atoms with E-state index >= 15 is 0 Å². The van der Waals surface area contributed by atoms with Gasteiger partial charge in [-0.15, -0.1) is 12.4 Å². The Kier molecular flexibility index (Phi) is 9.12. The van der Waals surface area contributed by atoms with Gasteiger partial charge in [0, 0.05) is 18.4 Å². The number of hydrogen-bond donors (Lipinski definition) is 2. The van der Waals surface area contributed by atoms with Gasteiger partial charge in [-0.3, -0.25) is 9.59 Å². The smallest absolute Gasteiger partial charge is 0.387 e. The van der Waals surface area contributed by atoms with Crippen LogP contribution in [0.25, 0.3) is 10.8 Å². The van der Waals surface area contributed by atoms with Gasteiger partial charge < -0.3 is 29.7 Å². The molecule has 0 radical (unpaired) electrons. The minimum atomic E-state index is -3.04. The van der Waals surface area contributed by atoms with E-state index in [0.717, 1.165) is 5.39 Å². The number of para-hydroxylation sites is 2. The van der Waals surface area contributed by atoms with Crippen molar-refractivity contribution in [2.24, 2.45) is 0 Å². The Morgan fingerprint density at radius 2 is 1.80 bits per heavy atom. The van der Waals surface area contributed by atoms with Crippen LogP contribution in [-0.2, 0) is 20.9 Å². The summed E-state index contributed by atoms with van der Waals surface area (Å²) in [6, 6.07) is 16.0. The maximum atomic E-state index is 14.5. The molecule has 214 valence electrons. The number of anilines is 1. The minimum Gasteiger partial charge on any atom is -0.482 e. The maximum Gasteiger partial charge on any atom is 0.387 e. The summed E-state index contributed by atoms with van der Waals surface area (Å²) in [6.45, 7) is -0.702. The van der Waals surface area contributed by atoms with Gasteiger partial charge in [0.15, 0.2) is 0 Å². The van der Waals surface area contributed by atoms with Crippen molar-refractivity contribution in [2.45, 2.75) is 50.6 Å². The Balaban J connectivity index is 0.00000370. The fourth-order valence-electron chi connectivity index (χ4n) is 5.25. The van der Waals surface area contributed by atoms with E-state index in [-0.39, 0.29) is 30.6 Å². The van der Waals surface area contributed by atoms with Gasteiger partial charge in [-0.05, 0) is 42.9 Å². The van der Waals surface area contributed by atoms with Gasteiger partial charge in [-0.2, -0.15) is 8.78 Å². The van der Waals surface area contributed by atoms with Crippen LogP contribution in [0.5, 0.6) is 11.5 Å². The van der Waals surface area contributed by atoms with Crippen LogP contribution < -0.4 is 25.0 Å². The van der Waals surface area contributed by atoms with E-state index in [0.29, 0.717) is 48.4 Å². The predicted molar refractivity (Wildman–Crippen MR) is 149 cm³/mol. The van der Waals surface area contributed by atoms with E-state index in [4.69, 9.17) is 14.2 Å². The molecular formula is C29H32ClF2N3O5. The third-order valence-electron chi connectivity index (χ3n) is 7.49. The minimum absolute atomic E-state index is 0. The molecule has 1 fully saturated rings. The largest absolute Gasteiger partial charge is 0.482 e. The topological polar surface area (TPSA) is 89.1 Å². The Morgan fingerprint density at radius 3 is 2.52 bits per heavy atom. The maximum absolute atomic E-state index is 14.5. The van der Waals surface area contributed by atoms with Crippen molar-refractivity contribution in [3.8, 4) is 11.5 Å².